The number of methoxy groups -OCH3 is 1. The highest BCUT2D eigenvalue weighted by molar-refractivity contribution is 5.98. The van der Waals surface area contributed by atoms with Gasteiger partial charge in [-0.3, -0.25) is 9.18 Å². The van der Waals surface area contributed by atoms with Crippen LogP contribution in [0.5, 0.6) is 0 Å². The number of fused-ring (bicyclic) bond motifs is 2. The zero-order valence-electron chi connectivity index (χ0n) is 46.9. The van der Waals surface area contributed by atoms with Crippen molar-refractivity contribution in [1.82, 2.24) is 40.0 Å². The van der Waals surface area contributed by atoms with Crippen LogP contribution in [0.25, 0.3) is 22.8 Å². The molecule has 4 aromatic carbocycles. The lowest BCUT2D eigenvalue weighted by Crippen LogP contribution is -2.48. The van der Waals surface area contributed by atoms with Crippen LogP contribution in [0.1, 0.15) is 153 Å². The van der Waals surface area contributed by atoms with Crippen molar-refractivity contribution in [3.8, 4) is 34.9 Å². The molecule has 4 aliphatic heterocycles. The van der Waals surface area contributed by atoms with Crippen molar-refractivity contribution in [2.45, 2.75) is 103 Å². The van der Waals surface area contributed by atoms with Crippen molar-refractivity contribution in [3.05, 3.63) is 151 Å². The van der Waals surface area contributed by atoms with Crippen molar-refractivity contribution in [3.63, 3.8) is 0 Å². The van der Waals surface area contributed by atoms with E-state index in [2.05, 4.69) is 76.4 Å². The molecule has 14 nitrogen and oxygen atoms in total. The van der Waals surface area contributed by atoms with Crippen LogP contribution in [0, 0.1) is 36.5 Å². The van der Waals surface area contributed by atoms with E-state index in [0.29, 0.717) is 47.9 Å². The number of aromatic amines is 2. The number of H-pyrrole nitrogens is 2. The average molecular weight is 1070 g/mol. The lowest BCUT2D eigenvalue weighted by atomic mass is 9.89. The normalized spacial score (nSPS) is 16.6. The summed E-state index contributed by atoms with van der Waals surface area (Å²) in [4.78, 5) is 49.0. The molecule has 1 amide bonds. The molecule has 0 atom stereocenters. The van der Waals surface area contributed by atoms with Gasteiger partial charge in [0.05, 0.1) is 67.2 Å². The van der Waals surface area contributed by atoms with Crippen LogP contribution in [0.2, 0.25) is 0 Å². The van der Waals surface area contributed by atoms with Gasteiger partial charge in [0.1, 0.15) is 11.6 Å². The third kappa shape index (κ3) is 14.1. The number of hydrogen-bond acceptors (Lipinski definition) is 11. The molecule has 2 saturated heterocycles. The van der Waals surface area contributed by atoms with Crippen molar-refractivity contribution in [1.29, 1.82) is 10.5 Å². The largest absolute Gasteiger partial charge is 0.465 e. The number of alkyl halides is 1. The number of carbonyl (C=O) groups is 2. The number of aliphatic hydroxyl groups excluding tert-OH is 1. The molecule has 2 aromatic heterocycles. The summed E-state index contributed by atoms with van der Waals surface area (Å²) in [5.41, 5.74) is 16.9. The summed E-state index contributed by atoms with van der Waals surface area (Å²) in [7, 11) is 5.69. The van der Waals surface area contributed by atoms with Gasteiger partial charge in [0.2, 0.25) is 0 Å². The number of aliphatic hydroxyl groups is 1. The number of hydrogen-bond donors (Lipinski definition) is 4. The molecule has 6 aromatic rings. The van der Waals surface area contributed by atoms with Crippen molar-refractivity contribution < 1.29 is 25.2 Å². The molecule has 0 spiro atoms. The molecule has 4 fully saturated rings. The summed E-state index contributed by atoms with van der Waals surface area (Å²) in [6, 6.07) is 28.3. The number of likely N-dealkylation sites (tertiary alicyclic amines) is 1. The molecule has 6 aliphatic rings. The topological polar surface area (TPSA) is 190 Å². The van der Waals surface area contributed by atoms with Crippen LogP contribution in [0.15, 0.2) is 72.8 Å². The van der Waals surface area contributed by atoms with Gasteiger partial charge in [0.15, 0.2) is 0 Å². The van der Waals surface area contributed by atoms with E-state index in [9.17, 15) is 14.0 Å². The maximum absolute atomic E-state index is 13.5. The molecule has 0 unspecified atom stereocenters. The fourth-order valence-corrected chi connectivity index (χ4v) is 10.2. The number of halogens is 2. The van der Waals surface area contributed by atoms with Gasteiger partial charge >= 0.3 is 5.97 Å². The van der Waals surface area contributed by atoms with Gasteiger partial charge in [-0.15, -0.1) is 12.4 Å². The number of benzene rings is 4. The number of aromatic nitrogens is 4. The third-order valence-electron chi connectivity index (χ3n) is 15.0. The lowest BCUT2D eigenvalue weighted by molar-refractivity contribution is 0.0593. The second-order valence-corrected chi connectivity index (χ2v) is 20.3. The van der Waals surface area contributed by atoms with Crippen molar-refractivity contribution in [2.75, 3.05) is 74.7 Å². The smallest absolute Gasteiger partial charge is 0.338 e. The van der Waals surface area contributed by atoms with Gasteiger partial charge in [-0.05, 0) is 135 Å². The third-order valence-corrected chi connectivity index (χ3v) is 15.0. The second kappa shape index (κ2) is 27.5. The summed E-state index contributed by atoms with van der Waals surface area (Å²) < 4.78 is 20.4. The van der Waals surface area contributed by atoms with Crippen LogP contribution >= 0.6 is 12.4 Å². The Labute approximate surface area is 461 Å². The minimum Gasteiger partial charge on any atom is -0.465 e. The number of imidazole rings is 2. The van der Waals surface area contributed by atoms with Gasteiger partial charge < -0.3 is 39.8 Å². The molecule has 2 aliphatic carbocycles. The Morgan fingerprint density at radius 1 is 0.701 bits per heavy atom. The minimum atomic E-state index is -1.00. The predicted octanol–water partition coefficient (Wildman–Crippen LogP) is 10.3. The summed E-state index contributed by atoms with van der Waals surface area (Å²) in [6.45, 7) is 15.5. The predicted molar refractivity (Wildman–Crippen MR) is 303 cm³/mol. The molecule has 12 rings (SSSR count). The van der Waals surface area contributed by atoms with E-state index < -0.39 is 7.15 Å². The fourth-order valence-electron chi connectivity index (χ4n) is 10.2. The Morgan fingerprint density at radius 3 is 1.51 bits per heavy atom. The van der Waals surface area contributed by atoms with E-state index >= 15 is 0 Å². The summed E-state index contributed by atoms with van der Waals surface area (Å²) in [5, 5.41) is 27.8. The molecular formula is C61H76ClFN10O4. The molecule has 6 heterocycles. The summed E-state index contributed by atoms with van der Waals surface area (Å²) >= 11 is 0. The molecule has 408 valence electrons. The number of nitrogens with zero attached hydrogens (tertiary/aromatic N) is 7. The standard InChI is InChI=1S/C28H29N5O.C19H23N3O2.C10H10N2.C2H6.CH3F.CH4O.ClH/c1-17-11-23(20-7-8-20)24(27-30-25-9-10-32(2)16-26(25)31-27)12-22(17)28(34)33-14-21(15-33)19-5-3-18(13-29)4-6-19;1-11-8-14(12-4-5-12)15(9-13(11)19(23)24-3)18-20-16-6-7-22(2)10-17(16)21-18;11-5-8-1-3-9(4-2-8)10-6-12-7-10;3*1-2;/h3-6,11-12,20-21H,7-10,14-16H2,1-2H3,(H,30,31);8-9,12H,4-7,10H2,1-3H3,(H,20,21);1-4,10,12H,6-7H2;1-2H3;1H3;2H,1H3;1H/i;;;;1D;;. The van der Waals surface area contributed by atoms with Crippen LogP contribution in [-0.4, -0.2) is 126 Å². The fraction of sp³-hybridized carbons (Fsp3) is 0.443. The molecule has 77 heavy (non-hydrogen) atoms. The Balaban J connectivity index is 0.000000194. The number of rotatable bonds is 8. The number of aryl methyl sites for hydroxylation is 2. The first-order valence-corrected chi connectivity index (χ1v) is 26.6. The molecule has 16 heteroatoms. The number of nitriles is 2. The molecule has 2 saturated carbocycles. The van der Waals surface area contributed by atoms with Gasteiger partial charge in [-0.25, -0.2) is 14.8 Å². The number of ether oxygens (including phenoxy) is 1. The quantitative estimate of drug-likeness (QED) is 0.106. The monoisotopic (exact) mass is 1070 g/mol. The number of carbonyl (C=O) groups excluding carboxylic acids is 2. The first kappa shape index (κ1) is 58.0. The first-order chi connectivity index (χ1) is 37.4. The minimum absolute atomic E-state index is 0. The van der Waals surface area contributed by atoms with E-state index in [1.165, 1.54) is 66.4 Å². The van der Waals surface area contributed by atoms with Crippen molar-refractivity contribution in [2.24, 2.45) is 0 Å². The SMILES string of the molecule is CC.CO.COC(=O)c1cc(-c2nc3c([nH]2)CN(C)CC3)c(C2CC2)cc1C.Cc1cc(C2CC2)c(-c2nc3c([nH]2)CN(C)CC3)cc1C(=O)N1CC(c2ccc(C#N)cc2)C1.Cl.N#Cc1ccc(C2CNC2)cc1.[2H]CF. The molecule has 0 radical (unpaired) electrons. The van der Waals surface area contributed by atoms with Crippen LogP contribution in [-0.2, 0) is 30.7 Å². The maximum atomic E-state index is 13.5. The van der Waals surface area contributed by atoms with Gasteiger partial charge in [-0.2, -0.15) is 10.5 Å². The van der Waals surface area contributed by atoms with E-state index in [4.69, 9.17) is 31.7 Å². The van der Waals surface area contributed by atoms with Gasteiger partial charge in [0.25, 0.3) is 5.91 Å². The van der Waals surface area contributed by atoms with E-state index in [1.807, 2.05) is 80.3 Å². The zero-order chi connectivity index (χ0) is 55.3. The highest BCUT2D eigenvalue weighted by Crippen LogP contribution is 2.47. The van der Waals surface area contributed by atoms with E-state index in [0.717, 1.165) is 116 Å². The van der Waals surface area contributed by atoms with E-state index in [-0.39, 0.29) is 24.3 Å². The number of esters is 1. The Kier molecular flexibility index (Phi) is 20.7. The number of likely N-dealkylation sites (N-methyl/N-ethyl adjacent to an activating group) is 2. The molecular weight excluding hydrogens is 991 g/mol. The second-order valence-electron chi connectivity index (χ2n) is 20.3. The molecule has 0 bridgehead atoms. The Bertz CT molecular complexity index is 3060. The maximum Gasteiger partial charge on any atom is 0.338 e. The highest BCUT2D eigenvalue weighted by Gasteiger charge is 2.35. The first-order valence-electron chi connectivity index (χ1n) is 27.3. The molecule has 4 N–H and O–H groups in total. The Morgan fingerprint density at radius 2 is 1.12 bits per heavy atom. The van der Waals surface area contributed by atoms with Crippen LogP contribution in [0.3, 0.4) is 0 Å². The van der Waals surface area contributed by atoms with E-state index in [1.54, 1.807) is 0 Å². The van der Waals surface area contributed by atoms with Crippen molar-refractivity contribution >= 4 is 24.3 Å². The lowest BCUT2D eigenvalue weighted by Gasteiger charge is -2.40. The van der Waals surface area contributed by atoms with Gasteiger partial charge in [0, 0.05) is 101 Å². The van der Waals surface area contributed by atoms with Gasteiger partial charge in [-0.1, -0.05) is 50.2 Å². The zero-order valence-corrected chi connectivity index (χ0v) is 46.7. The summed E-state index contributed by atoms with van der Waals surface area (Å²) in [5.74, 6) is 3.78. The number of amides is 1. The van der Waals surface area contributed by atoms with Crippen LogP contribution in [0.4, 0.5) is 4.39 Å². The van der Waals surface area contributed by atoms with Crippen LogP contribution < -0.4 is 5.32 Å². The average Bonchev–Trinajstić information content (AvgIpc) is 4.39. The number of nitrogens with one attached hydrogen (secondary N) is 3. The summed E-state index contributed by atoms with van der Waals surface area (Å²) in [6.07, 6.45) is 6.78. The highest BCUT2D eigenvalue weighted by atomic mass is 35.5. The Hall–Kier alpha value is -6.72.